The van der Waals surface area contributed by atoms with Gasteiger partial charge in [0.2, 0.25) is 11.8 Å². The molecular weight excluding hydrogens is 360 g/mol. The van der Waals surface area contributed by atoms with Gasteiger partial charge >= 0.3 is 0 Å². The van der Waals surface area contributed by atoms with Gasteiger partial charge in [-0.25, -0.2) is 0 Å². The average molecular weight is 385 g/mol. The highest BCUT2D eigenvalue weighted by Gasteiger charge is 2.36. The van der Waals surface area contributed by atoms with Crippen molar-refractivity contribution in [2.75, 3.05) is 33.4 Å². The second-order valence-corrected chi connectivity index (χ2v) is 7.43. The predicted octanol–water partition coefficient (Wildman–Crippen LogP) is 2.83. The van der Waals surface area contributed by atoms with Gasteiger partial charge in [-0.15, -0.1) is 17.9 Å². The Kier molecular flexibility index (Phi) is 6.42. The van der Waals surface area contributed by atoms with E-state index in [0.717, 1.165) is 11.1 Å². The molecule has 5 nitrogen and oxygen atoms in total. The van der Waals surface area contributed by atoms with E-state index >= 15 is 0 Å². The first kappa shape index (κ1) is 19.3. The number of hydrogen-bond acceptors (Lipinski definition) is 4. The predicted molar refractivity (Wildman–Crippen MR) is 108 cm³/mol. The molecule has 1 aliphatic heterocycles. The van der Waals surface area contributed by atoms with Crippen molar-refractivity contribution in [2.24, 2.45) is 0 Å². The number of hydrogen-bond donors (Lipinski definition) is 0. The van der Waals surface area contributed by atoms with Crippen LogP contribution in [0, 0.1) is 0 Å². The molecule has 0 saturated carbocycles. The first-order valence-electron chi connectivity index (χ1n) is 8.95. The van der Waals surface area contributed by atoms with Crippen LogP contribution in [0.15, 0.2) is 54.4 Å². The minimum absolute atomic E-state index is 0.0114. The van der Waals surface area contributed by atoms with E-state index in [4.69, 9.17) is 4.74 Å². The van der Waals surface area contributed by atoms with Crippen molar-refractivity contribution in [3.05, 3.63) is 60.0 Å². The lowest BCUT2D eigenvalue weighted by Gasteiger charge is -2.40. The number of thiophene rings is 1. The van der Waals surface area contributed by atoms with E-state index < -0.39 is 6.04 Å². The quantitative estimate of drug-likeness (QED) is 0.690. The van der Waals surface area contributed by atoms with Gasteiger partial charge in [0.15, 0.2) is 0 Å². The maximum absolute atomic E-state index is 12.9. The summed E-state index contributed by atoms with van der Waals surface area (Å²) >= 11 is 1.70. The molecule has 0 bridgehead atoms. The summed E-state index contributed by atoms with van der Waals surface area (Å²) in [5.74, 6) is -0.183. The molecule has 6 heteroatoms. The summed E-state index contributed by atoms with van der Waals surface area (Å²) < 4.78 is 4.99. The summed E-state index contributed by atoms with van der Waals surface area (Å²) in [5, 5.41) is 2.05. The van der Waals surface area contributed by atoms with E-state index in [1.807, 2.05) is 18.2 Å². The number of ether oxygens (including phenoxy) is 1. The maximum atomic E-state index is 12.9. The fraction of sp³-hybridized carbons (Fsp3) is 0.333. The average Bonchev–Trinajstić information content (AvgIpc) is 3.21. The van der Waals surface area contributed by atoms with Crippen molar-refractivity contribution >= 4 is 23.2 Å². The number of nitrogens with zero attached hydrogens (tertiary/aromatic N) is 2. The van der Waals surface area contributed by atoms with Crippen LogP contribution in [0.4, 0.5) is 0 Å². The van der Waals surface area contributed by atoms with E-state index in [0.29, 0.717) is 26.1 Å². The van der Waals surface area contributed by atoms with E-state index in [9.17, 15) is 9.59 Å². The molecule has 3 rings (SSSR count). The maximum Gasteiger partial charge on any atom is 0.249 e. The van der Waals surface area contributed by atoms with Crippen molar-refractivity contribution in [3.8, 4) is 10.4 Å². The van der Waals surface area contributed by atoms with Crippen LogP contribution in [0.2, 0.25) is 0 Å². The Labute approximate surface area is 163 Å². The monoisotopic (exact) mass is 384 g/mol. The van der Waals surface area contributed by atoms with Gasteiger partial charge < -0.3 is 14.5 Å². The van der Waals surface area contributed by atoms with Crippen LogP contribution >= 0.6 is 11.3 Å². The molecule has 2 heterocycles. The molecule has 0 N–H and O–H groups in total. The largest absolute Gasteiger partial charge is 0.375 e. The summed E-state index contributed by atoms with van der Waals surface area (Å²) in [5.41, 5.74) is 2.19. The van der Waals surface area contributed by atoms with Gasteiger partial charge in [-0.1, -0.05) is 36.4 Å². The highest BCUT2D eigenvalue weighted by molar-refractivity contribution is 7.13. The molecule has 1 aromatic heterocycles. The third-order valence-electron chi connectivity index (χ3n) is 4.71. The van der Waals surface area contributed by atoms with Crippen LogP contribution in [0.1, 0.15) is 5.56 Å². The lowest BCUT2D eigenvalue weighted by Crippen LogP contribution is -2.60. The smallest absolute Gasteiger partial charge is 0.249 e. The molecule has 1 aliphatic rings. The fourth-order valence-electron chi connectivity index (χ4n) is 3.35. The molecule has 1 atom stereocenters. The molecule has 2 amide bonds. The fourth-order valence-corrected chi connectivity index (χ4v) is 4.08. The van der Waals surface area contributed by atoms with Crippen molar-refractivity contribution in [3.63, 3.8) is 0 Å². The van der Waals surface area contributed by atoms with Gasteiger partial charge in [0, 0.05) is 38.0 Å². The van der Waals surface area contributed by atoms with Crippen LogP contribution in [0.3, 0.4) is 0 Å². The van der Waals surface area contributed by atoms with Crippen LogP contribution in [0.25, 0.3) is 10.4 Å². The van der Waals surface area contributed by atoms with Gasteiger partial charge in [-0.2, -0.15) is 0 Å². The van der Waals surface area contributed by atoms with E-state index in [-0.39, 0.29) is 18.4 Å². The third kappa shape index (κ3) is 4.46. The molecule has 0 aliphatic carbocycles. The van der Waals surface area contributed by atoms with Crippen LogP contribution in [-0.4, -0.2) is 61.0 Å². The third-order valence-corrected chi connectivity index (χ3v) is 5.63. The van der Waals surface area contributed by atoms with Crippen molar-refractivity contribution < 1.29 is 14.3 Å². The van der Waals surface area contributed by atoms with E-state index in [1.54, 1.807) is 27.2 Å². The Bertz CT molecular complexity index is 786. The number of carbonyl (C=O) groups excluding carboxylic acids is 2. The first-order valence-corrected chi connectivity index (χ1v) is 9.83. The number of benzene rings is 1. The molecule has 1 unspecified atom stereocenters. The van der Waals surface area contributed by atoms with Gasteiger partial charge in [-0.05, 0) is 22.6 Å². The lowest BCUT2D eigenvalue weighted by molar-refractivity contribution is -0.152. The second kappa shape index (κ2) is 8.97. The highest BCUT2D eigenvalue weighted by atomic mass is 32.1. The summed E-state index contributed by atoms with van der Waals surface area (Å²) in [6, 6.07) is 11.8. The molecule has 2 aromatic rings. The standard InChI is InChI=1S/C21H24N2O3S/c1-3-10-22-11-12-23(20(24)15-26-2)18(21(22)25)14-16-6-8-17(9-7-16)19-5-4-13-27-19/h3-9,13,18H,1,10-12,14-15H2,2H3. The van der Waals surface area contributed by atoms with Crippen molar-refractivity contribution in [1.82, 2.24) is 9.80 Å². The molecule has 1 aromatic carbocycles. The summed E-state index contributed by atoms with van der Waals surface area (Å²) in [6.45, 7) is 5.25. The molecule has 0 spiro atoms. The Morgan fingerprint density at radius 3 is 2.70 bits per heavy atom. The number of amides is 2. The minimum atomic E-state index is -0.506. The van der Waals surface area contributed by atoms with Gasteiger partial charge in [-0.3, -0.25) is 9.59 Å². The van der Waals surface area contributed by atoms with Crippen LogP contribution < -0.4 is 0 Å². The first-order chi connectivity index (χ1) is 13.1. The lowest BCUT2D eigenvalue weighted by atomic mass is 9.99. The Hall–Kier alpha value is -2.44. The Balaban J connectivity index is 1.79. The number of carbonyl (C=O) groups is 2. The van der Waals surface area contributed by atoms with Crippen LogP contribution in [-0.2, 0) is 20.7 Å². The topological polar surface area (TPSA) is 49.9 Å². The molecule has 142 valence electrons. The summed E-state index contributed by atoms with van der Waals surface area (Å²) in [7, 11) is 1.49. The molecule has 27 heavy (non-hydrogen) atoms. The molecule has 1 fully saturated rings. The molecular formula is C21H24N2O3S. The summed E-state index contributed by atoms with van der Waals surface area (Å²) in [6.07, 6.45) is 2.21. The second-order valence-electron chi connectivity index (χ2n) is 6.49. The normalized spacial score (nSPS) is 17.2. The Morgan fingerprint density at radius 1 is 1.30 bits per heavy atom. The zero-order valence-corrected chi connectivity index (χ0v) is 16.3. The minimum Gasteiger partial charge on any atom is -0.375 e. The SMILES string of the molecule is C=CCN1CCN(C(=O)COC)C(Cc2ccc(-c3cccs3)cc2)C1=O. The zero-order chi connectivity index (χ0) is 19.2. The van der Waals surface area contributed by atoms with E-state index in [2.05, 4.69) is 30.2 Å². The number of methoxy groups -OCH3 is 1. The zero-order valence-electron chi connectivity index (χ0n) is 15.5. The number of piperazine rings is 1. The Morgan fingerprint density at radius 2 is 2.07 bits per heavy atom. The van der Waals surface area contributed by atoms with Gasteiger partial charge in [0.25, 0.3) is 0 Å². The van der Waals surface area contributed by atoms with Gasteiger partial charge in [0.05, 0.1) is 0 Å². The molecule has 0 radical (unpaired) electrons. The summed E-state index contributed by atoms with van der Waals surface area (Å²) in [4.78, 5) is 30.0. The number of rotatable bonds is 7. The van der Waals surface area contributed by atoms with Crippen molar-refractivity contribution in [1.29, 1.82) is 0 Å². The van der Waals surface area contributed by atoms with E-state index in [1.165, 1.54) is 12.0 Å². The van der Waals surface area contributed by atoms with Crippen LogP contribution in [0.5, 0.6) is 0 Å². The molecule has 1 saturated heterocycles. The van der Waals surface area contributed by atoms with Crippen molar-refractivity contribution in [2.45, 2.75) is 12.5 Å². The highest BCUT2D eigenvalue weighted by Crippen LogP contribution is 2.25. The van der Waals surface area contributed by atoms with Gasteiger partial charge in [0.1, 0.15) is 12.6 Å².